The van der Waals surface area contributed by atoms with Crippen LogP contribution < -0.4 is 0 Å². The predicted molar refractivity (Wildman–Crippen MR) is 118 cm³/mol. The van der Waals surface area contributed by atoms with E-state index in [2.05, 4.69) is 27.4 Å². The lowest BCUT2D eigenvalue weighted by atomic mass is 9.51. The summed E-state index contributed by atoms with van der Waals surface area (Å²) in [6, 6.07) is 0. The molecule has 5 nitrogen and oxygen atoms in total. The lowest BCUT2D eigenvalue weighted by Crippen LogP contribution is -2.53. The molecule has 0 bridgehead atoms. The molecular formula is C24H40O5S. The van der Waals surface area contributed by atoms with Crippen LogP contribution >= 0.6 is 0 Å². The second-order valence-corrected chi connectivity index (χ2v) is 12.4. The molecule has 3 saturated carbocycles. The molecule has 3 aliphatic carbocycles. The van der Waals surface area contributed by atoms with E-state index in [1.807, 2.05) is 0 Å². The zero-order valence-electron chi connectivity index (χ0n) is 19.4. The number of carbonyl (C=O) groups excluding carboxylic acids is 1. The minimum atomic E-state index is -3.43. The topological polar surface area (TPSA) is 69.7 Å². The molecule has 0 N–H and O–H groups in total. The number of hydrogen-bond donors (Lipinski definition) is 0. The highest BCUT2D eigenvalue weighted by molar-refractivity contribution is 7.85. The van der Waals surface area contributed by atoms with E-state index in [4.69, 9.17) is 8.92 Å². The van der Waals surface area contributed by atoms with Crippen LogP contribution in [-0.4, -0.2) is 33.4 Å². The van der Waals surface area contributed by atoms with Crippen LogP contribution in [0.5, 0.6) is 0 Å². The quantitative estimate of drug-likeness (QED) is 0.326. The van der Waals surface area contributed by atoms with Gasteiger partial charge < -0.3 is 4.74 Å². The predicted octanol–water partition coefficient (Wildman–Crippen LogP) is 5.11. The van der Waals surface area contributed by atoms with E-state index >= 15 is 0 Å². The molecule has 6 heteroatoms. The van der Waals surface area contributed by atoms with Crippen molar-refractivity contribution in [3.63, 3.8) is 0 Å². The van der Waals surface area contributed by atoms with Crippen LogP contribution in [0.3, 0.4) is 0 Å². The van der Waals surface area contributed by atoms with Crippen molar-refractivity contribution in [1.82, 2.24) is 0 Å². The van der Waals surface area contributed by atoms with E-state index in [1.54, 1.807) is 0 Å². The Labute approximate surface area is 183 Å². The lowest BCUT2D eigenvalue weighted by molar-refractivity contribution is -0.172. The summed E-state index contributed by atoms with van der Waals surface area (Å²) in [5, 5.41) is 0. The van der Waals surface area contributed by atoms with Gasteiger partial charge in [0.25, 0.3) is 10.1 Å². The first kappa shape index (κ1) is 23.8. The maximum Gasteiger partial charge on any atom is 0.302 e. The van der Waals surface area contributed by atoms with Crippen molar-refractivity contribution < 1.29 is 22.1 Å². The van der Waals surface area contributed by atoms with Crippen molar-refractivity contribution in [3.8, 4) is 0 Å². The highest BCUT2D eigenvalue weighted by Crippen LogP contribution is 2.62. The molecule has 3 aliphatic rings. The monoisotopic (exact) mass is 440 g/mol. The Morgan fingerprint density at radius 2 is 1.87 bits per heavy atom. The standard InChI is InChI=1S/C24H40O5S/c1-16-9-12-24(5,19(15-16)11-14-28-30(6,26)27)21-10-13-23(4)17(2)7-8-20(23)22(21)29-18(3)25/h16,19-22H,2,7-15H2,1,3-6H3/t16-,19-,20-,21-,22-,23+,24-/m0/s1. The molecule has 0 aromatic rings. The zero-order chi connectivity index (χ0) is 22.3. The Hall–Kier alpha value is -0.880. The summed E-state index contributed by atoms with van der Waals surface area (Å²) < 4.78 is 34.1. The molecule has 3 fully saturated rings. The average molecular weight is 441 g/mol. The fourth-order valence-corrected chi connectivity index (χ4v) is 7.36. The second kappa shape index (κ2) is 8.57. The maximum absolute atomic E-state index is 12.1. The summed E-state index contributed by atoms with van der Waals surface area (Å²) in [6.45, 7) is 13.1. The molecule has 0 spiro atoms. The molecule has 0 radical (unpaired) electrons. The maximum atomic E-state index is 12.1. The third kappa shape index (κ3) is 4.64. The minimum absolute atomic E-state index is 0.0126. The summed E-state index contributed by atoms with van der Waals surface area (Å²) in [5.74, 6) is 1.41. The molecule has 0 heterocycles. The number of hydrogen-bond acceptors (Lipinski definition) is 5. The van der Waals surface area contributed by atoms with Crippen LogP contribution in [0.2, 0.25) is 0 Å². The van der Waals surface area contributed by atoms with E-state index in [9.17, 15) is 13.2 Å². The van der Waals surface area contributed by atoms with Crippen LogP contribution in [0.1, 0.15) is 79.1 Å². The van der Waals surface area contributed by atoms with Gasteiger partial charge in [0, 0.05) is 18.8 Å². The Morgan fingerprint density at radius 1 is 1.17 bits per heavy atom. The summed E-state index contributed by atoms with van der Waals surface area (Å²) in [5.41, 5.74) is 1.38. The van der Waals surface area contributed by atoms with Gasteiger partial charge in [-0.25, -0.2) is 0 Å². The van der Waals surface area contributed by atoms with Crippen LogP contribution in [0.4, 0.5) is 0 Å². The van der Waals surface area contributed by atoms with E-state index < -0.39 is 10.1 Å². The van der Waals surface area contributed by atoms with E-state index in [0.29, 0.717) is 23.7 Å². The molecule has 172 valence electrons. The van der Waals surface area contributed by atoms with E-state index in [1.165, 1.54) is 12.5 Å². The van der Waals surface area contributed by atoms with Crippen LogP contribution in [-0.2, 0) is 23.8 Å². The SMILES string of the molecule is C=C1CC[C@H]2[C@H](OC(C)=O)[C@@H]([C@@]3(C)CC[C@H](C)C[C@@H]3CCOS(C)(=O)=O)CC[C@]12C. The van der Waals surface area contributed by atoms with Crippen LogP contribution in [0.15, 0.2) is 12.2 Å². The third-order valence-electron chi connectivity index (χ3n) is 8.86. The van der Waals surface area contributed by atoms with Crippen molar-refractivity contribution in [2.45, 2.75) is 85.2 Å². The molecule has 0 amide bonds. The molecular weight excluding hydrogens is 400 g/mol. The normalized spacial score (nSPS) is 42.0. The lowest BCUT2D eigenvalue weighted by Gasteiger charge is -2.56. The minimum Gasteiger partial charge on any atom is -0.462 e. The van der Waals surface area contributed by atoms with Gasteiger partial charge in [-0.2, -0.15) is 8.42 Å². The molecule has 30 heavy (non-hydrogen) atoms. The van der Waals surface area contributed by atoms with E-state index in [-0.39, 0.29) is 29.5 Å². The first-order valence-corrected chi connectivity index (χ1v) is 13.4. The van der Waals surface area contributed by atoms with Crippen LogP contribution in [0.25, 0.3) is 0 Å². The Balaban J connectivity index is 1.88. The highest BCUT2D eigenvalue weighted by atomic mass is 32.2. The number of rotatable bonds is 6. The van der Waals surface area contributed by atoms with Gasteiger partial charge in [0.15, 0.2) is 0 Å². The number of ether oxygens (including phenoxy) is 1. The van der Waals surface area contributed by atoms with Gasteiger partial charge in [-0.05, 0) is 67.6 Å². The highest BCUT2D eigenvalue weighted by Gasteiger charge is 2.58. The third-order valence-corrected chi connectivity index (χ3v) is 9.45. The van der Waals surface area contributed by atoms with Crippen molar-refractivity contribution >= 4 is 16.1 Å². The van der Waals surface area contributed by atoms with Crippen molar-refractivity contribution in [2.24, 2.45) is 34.5 Å². The van der Waals surface area contributed by atoms with Crippen molar-refractivity contribution in [3.05, 3.63) is 12.2 Å². The summed E-state index contributed by atoms with van der Waals surface area (Å²) >= 11 is 0. The molecule has 3 rings (SSSR count). The first-order valence-electron chi connectivity index (χ1n) is 11.6. The van der Waals surface area contributed by atoms with Gasteiger partial charge in [0.05, 0.1) is 12.9 Å². The molecule has 0 saturated heterocycles. The molecule has 7 atom stereocenters. The molecule has 0 aliphatic heterocycles. The summed E-state index contributed by atoms with van der Waals surface area (Å²) in [4.78, 5) is 12.1. The van der Waals surface area contributed by atoms with Gasteiger partial charge in [-0.3, -0.25) is 8.98 Å². The van der Waals surface area contributed by atoms with Gasteiger partial charge >= 0.3 is 5.97 Å². The van der Waals surface area contributed by atoms with Gasteiger partial charge in [-0.1, -0.05) is 39.3 Å². The molecule has 0 aromatic carbocycles. The number of fused-ring (bicyclic) bond motifs is 1. The number of allylic oxidation sites excluding steroid dienone is 1. The summed E-state index contributed by atoms with van der Waals surface area (Å²) in [6.07, 6.45) is 9.26. The molecule has 0 aromatic heterocycles. The van der Waals surface area contributed by atoms with Crippen LogP contribution in [0, 0.1) is 34.5 Å². The van der Waals surface area contributed by atoms with Gasteiger partial charge in [0.2, 0.25) is 0 Å². The fourth-order valence-electron chi connectivity index (χ4n) is 6.96. The largest absolute Gasteiger partial charge is 0.462 e. The number of esters is 1. The smallest absolute Gasteiger partial charge is 0.302 e. The van der Waals surface area contributed by atoms with Gasteiger partial charge in [-0.15, -0.1) is 0 Å². The second-order valence-electron chi connectivity index (χ2n) is 10.8. The average Bonchev–Trinajstić information content (AvgIpc) is 2.92. The van der Waals surface area contributed by atoms with Gasteiger partial charge in [0.1, 0.15) is 6.10 Å². The zero-order valence-corrected chi connectivity index (χ0v) is 20.2. The fraction of sp³-hybridized carbons (Fsp3) is 0.875. The first-order chi connectivity index (χ1) is 13.9. The Kier molecular flexibility index (Phi) is 6.79. The van der Waals surface area contributed by atoms with Crippen molar-refractivity contribution in [2.75, 3.05) is 12.9 Å². The molecule has 0 unspecified atom stereocenters. The van der Waals surface area contributed by atoms with E-state index in [0.717, 1.165) is 57.6 Å². The Bertz CT molecular complexity index is 774. The number of carbonyl (C=O) groups is 1. The van der Waals surface area contributed by atoms with Crippen molar-refractivity contribution in [1.29, 1.82) is 0 Å². The Morgan fingerprint density at radius 3 is 2.50 bits per heavy atom. The summed E-state index contributed by atoms with van der Waals surface area (Å²) in [7, 11) is -3.43.